The smallest absolute Gasteiger partial charge is 0.269 e. The predicted octanol–water partition coefficient (Wildman–Crippen LogP) is 3.72. The summed E-state index contributed by atoms with van der Waals surface area (Å²) < 4.78 is 0. The molecule has 0 aliphatic heterocycles. The van der Waals surface area contributed by atoms with Crippen LogP contribution in [0.15, 0.2) is 47.3 Å². The van der Waals surface area contributed by atoms with E-state index in [9.17, 15) is 14.9 Å². The van der Waals surface area contributed by atoms with E-state index in [1.165, 1.54) is 18.2 Å². The average Bonchev–Trinajstić information content (AvgIpc) is 2.47. The Balaban J connectivity index is 2.30. The number of H-pyrrole nitrogens is 1. The number of aryl methyl sites for hydroxylation is 2. The Kier molecular flexibility index (Phi) is 3.25. The fourth-order valence-electron chi connectivity index (χ4n) is 2.72. The van der Waals surface area contributed by atoms with Crippen LogP contribution in [0.5, 0.6) is 0 Å². The highest BCUT2D eigenvalue weighted by Crippen LogP contribution is 2.29. The lowest BCUT2D eigenvalue weighted by molar-refractivity contribution is -0.384. The number of aromatic amines is 1. The lowest BCUT2D eigenvalue weighted by Gasteiger charge is -2.10. The van der Waals surface area contributed by atoms with Crippen molar-refractivity contribution in [1.82, 2.24) is 4.98 Å². The number of nitro benzene ring substituents is 1. The van der Waals surface area contributed by atoms with E-state index in [4.69, 9.17) is 0 Å². The zero-order valence-corrected chi connectivity index (χ0v) is 12.2. The maximum absolute atomic E-state index is 11.9. The van der Waals surface area contributed by atoms with Crippen LogP contribution in [-0.2, 0) is 0 Å². The Morgan fingerprint density at radius 2 is 1.73 bits per heavy atom. The second-order valence-electron chi connectivity index (χ2n) is 5.36. The molecular weight excluding hydrogens is 280 g/mol. The number of hydrogen-bond acceptors (Lipinski definition) is 3. The summed E-state index contributed by atoms with van der Waals surface area (Å²) in [6, 6.07) is 11.8. The van der Waals surface area contributed by atoms with Gasteiger partial charge in [0.25, 0.3) is 5.69 Å². The summed E-state index contributed by atoms with van der Waals surface area (Å²) in [5.41, 5.74) is 4.30. The van der Waals surface area contributed by atoms with Gasteiger partial charge in [0.15, 0.2) is 0 Å². The number of nitrogens with zero attached hydrogens (tertiary/aromatic N) is 1. The van der Waals surface area contributed by atoms with Crippen molar-refractivity contribution in [3.8, 4) is 11.1 Å². The first-order chi connectivity index (χ1) is 10.5. The van der Waals surface area contributed by atoms with E-state index in [-0.39, 0.29) is 11.2 Å². The average molecular weight is 294 g/mol. The van der Waals surface area contributed by atoms with E-state index < -0.39 is 4.92 Å². The van der Waals surface area contributed by atoms with Gasteiger partial charge in [-0.1, -0.05) is 11.6 Å². The van der Waals surface area contributed by atoms with Crippen LogP contribution in [0.3, 0.4) is 0 Å². The van der Waals surface area contributed by atoms with Crippen LogP contribution in [0.2, 0.25) is 0 Å². The molecule has 0 fully saturated rings. The number of benzene rings is 2. The second-order valence-corrected chi connectivity index (χ2v) is 5.36. The molecular formula is C17H14N2O3. The van der Waals surface area contributed by atoms with E-state index in [0.29, 0.717) is 0 Å². The third-order valence-corrected chi connectivity index (χ3v) is 3.68. The molecule has 3 aromatic rings. The highest BCUT2D eigenvalue weighted by molar-refractivity contribution is 5.96. The standard InChI is InChI=1S/C17H14N2O3/c1-10-7-11(2)17-15(8-10)14(9-16(20)18-17)12-3-5-13(6-4-12)19(21)22/h3-9H,1-2H3,(H,18,20). The van der Waals surface area contributed by atoms with E-state index in [0.717, 1.165) is 33.2 Å². The molecule has 0 aliphatic rings. The molecule has 110 valence electrons. The molecule has 2 aromatic carbocycles. The summed E-state index contributed by atoms with van der Waals surface area (Å²) in [5.74, 6) is 0. The predicted molar refractivity (Wildman–Crippen MR) is 86.1 cm³/mol. The molecule has 0 saturated carbocycles. The molecule has 0 radical (unpaired) electrons. The summed E-state index contributed by atoms with van der Waals surface area (Å²) in [7, 11) is 0. The van der Waals surface area contributed by atoms with Crippen LogP contribution in [0.4, 0.5) is 5.69 Å². The number of rotatable bonds is 2. The summed E-state index contributed by atoms with van der Waals surface area (Å²) >= 11 is 0. The Morgan fingerprint density at radius 3 is 2.36 bits per heavy atom. The SMILES string of the molecule is Cc1cc(C)c2[nH]c(=O)cc(-c3ccc([N+](=O)[O-])cc3)c2c1. The highest BCUT2D eigenvalue weighted by atomic mass is 16.6. The molecule has 5 heteroatoms. The van der Waals surface area contributed by atoms with Gasteiger partial charge in [-0.2, -0.15) is 0 Å². The van der Waals surface area contributed by atoms with E-state index in [1.54, 1.807) is 12.1 Å². The second kappa shape index (κ2) is 5.11. The molecule has 22 heavy (non-hydrogen) atoms. The summed E-state index contributed by atoms with van der Waals surface area (Å²) in [6.07, 6.45) is 0. The van der Waals surface area contributed by atoms with Gasteiger partial charge in [-0.25, -0.2) is 0 Å². The molecule has 5 nitrogen and oxygen atoms in total. The number of nitrogens with one attached hydrogen (secondary N) is 1. The molecule has 1 N–H and O–H groups in total. The molecule has 0 saturated heterocycles. The van der Waals surface area contributed by atoms with Gasteiger partial charge in [-0.05, 0) is 48.7 Å². The van der Waals surface area contributed by atoms with Gasteiger partial charge in [0.2, 0.25) is 5.56 Å². The van der Waals surface area contributed by atoms with Crippen LogP contribution < -0.4 is 5.56 Å². The van der Waals surface area contributed by atoms with Crippen LogP contribution in [0, 0.1) is 24.0 Å². The van der Waals surface area contributed by atoms with Crippen molar-refractivity contribution in [1.29, 1.82) is 0 Å². The minimum absolute atomic E-state index is 0.0326. The molecule has 1 heterocycles. The van der Waals surface area contributed by atoms with Gasteiger partial charge < -0.3 is 4.98 Å². The number of hydrogen-bond donors (Lipinski definition) is 1. The summed E-state index contributed by atoms with van der Waals surface area (Å²) in [6.45, 7) is 3.95. The quantitative estimate of drug-likeness (QED) is 0.578. The fourth-order valence-corrected chi connectivity index (χ4v) is 2.72. The Labute approximate surface area is 126 Å². The zero-order chi connectivity index (χ0) is 15.9. The lowest BCUT2D eigenvalue weighted by Crippen LogP contribution is -2.06. The van der Waals surface area contributed by atoms with Crippen molar-refractivity contribution in [2.75, 3.05) is 0 Å². The molecule has 3 rings (SSSR count). The largest absolute Gasteiger partial charge is 0.322 e. The van der Waals surface area contributed by atoms with Crippen LogP contribution in [0.1, 0.15) is 11.1 Å². The van der Waals surface area contributed by atoms with E-state index in [1.807, 2.05) is 26.0 Å². The summed E-state index contributed by atoms with van der Waals surface area (Å²) in [5, 5.41) is 11.7. The molecule has 1 aromatic heterocycles. The van der Waals surface area contributed by atoms with Crippen molar-refractivity contribution >= 4 is 16.6 Å². The number of non-ortho nitro benzene ring substituents is 1. The Hall–Kier alpha value is -2.95. The van der Waals surface area contributed by atoms with Crippen LogP contribution in [0.25, 0.3) is 22.0 Å². The molecule has 0 unspecified atom stereocenters. The molecule has 0 bridgehead atoms. The lowest BCUT2D eigenvalue weighted by atomic mass is 9.98. The molecule has 0 aliphatic carbocycles. The van der Waals surface area contributed by atoms with E-state index in [2.05, 4.69) is 4.98 Å². The molecule has 0 atom stereocenters. The van der Waals surface area contributed by atoms with Crippen LogP contribution in [-0.4, -0.2) is 9.91 Å². The Bertz CT molecular complexity index is 941. The third-order valence-electron chi connectivity index (χ3n) is 3.68. The number of fused-ring (bicyclic) bond motifs is 1. The maximum Gasteiger partial charge on any atom is 0.269 e. The minimum Gasteiger partial charge on any atom is -0.322 e. The van der Waals surface area contributed by atoms with Crippen molar-refractivity contribution in [2.45, 2.75) is 13.8 Å². The summed E-state index contributed by atoms with van der Waals surface area (Å²) in [4.78, 5) is 25.1. The number of pyridine rings is 1. The van der Waals surface area contributed by atoms with Gasteiger partial charge in [0.05, 0.1) is 10.4 Å². The Morgan fingerprint density at radius 1 is 1.05 bits per heavy atom. The monoisotopic (exact) mass is 294 g/mol. The van der Waals surface area contributed by atoms with Crippen molar-refractivity contribution in [3.05, 3.63) is 74.1 Å². The van der Waals surface area contributed by atoms with Crippen molar-refractivity contribution in [2.24, 2.45) is 0 Å². The highest BCUT2D eigenvalue weighted by Gasteiger charge is 2.10. The maximum atomic E-state index is 11.9. The third kappa shape index (κ3) is 2.37. The topological polar surface area (TPSA) is 76.0 Å². The number of aromatic nitrogens is 1. The molecule has 0 amide bonds. The van der Waals surface area contributed by atoms with Gasteiger partial charge in [-0.3, -0.25) is 14.9 Å². The van der Waals surface area contributed by atoms with Crippen molar-refractivity contribution < 1.29 is 4.92 Å². The van der Waals surface area contributed by atoms with Gasteiger partial charge in [-0.15, -0.1) is 0 Å². The first kappa shape index (κ1) is 14.0. The fraction of sp³-hybridized carbons (Fsp3) is 0.118. The van der Waals surface area contributed by atoms with Gasteiger partial charge >= 0.3 is 0 Å². The van der Waals surface area contributed by atoms with Crippen molar-refractivity contribution in [3.63, 3.8) is 0 Å². The first-order valence-electron chi connectivity index (χ1n) is 6.85. The first-order valence-corrected chi connectivity index (χ1v) is 6.85. The van der Waals surface area contributed by atoms with Gasteiger partial charge in [0.1, 0.15) is 0 Å². The van der Waals surface area contributed by atoms with Crippen LogP contribution >= 0.6 is 0 Å². The minimum atomic E-state index is -0.437. The van der Waals surface area contributed by atoms with E-state index >= 15 is 0 Å². The number of nitro groups is 1. The normalized spacial score (nSPS) is 10.8. The molecule has 0 spiro atoms. The zero-order valence-electron chi connectivity index (χ0n) is 12.2. The van der Waals surface area contributed by atoms with Gasteiger partial charge in [0, 0.05) is 23.6 Å².